The summed E-state index contributed by atoms with van der Waals surface area (Å²) in [6.07, 6.45) is 0. The minimum atomic E-state index is -1.28. The van der Waals surface area contributed by atoms with Crippen LogP contribution in [0.1, 0.15) is 27.0 Å². The summed E-state index contributed by atoms with van der Waals surface area (Å²) in [5.74, 6) is -0.877. The average Bonchev–Trinajstić information content (AvgIpc) is 3.01. The van der Waals surface area contributed by atoms with Gasteiger partial charge in [-0.05, 0) is 28.8 Å². The molecule has 1 fully saturated rings. The lowest BCUT2D eigenvalue weighted by molar-refractivity contribution is -0.130. The van der Waals surface area contributed by atoms with Gasteiger partial charge in [-0.1, -0.05) is 72.8 Å². The van der Waals surface area contributed by atoms with Crippen LogP contribution in [0.3, 0.4) is 0 Å². The molecule has 3 N–H and O–H groups in total. The van der Waals surface area contributed by atoms with Crippen LogP contribution in [0.2, 0.25) is 0 Å². The highest BCUT2D eigenvalue weighted by atomic mass is 16.2. The van der Waals surface area contributed by atoms with Crippen LogP contribution in [-0.2, 0) is 16.9 Å². The van der Waals surface area contributed by atoms with Crippen LogP contribution in [0.4, 0.5) is 4.79 Å². The van der Waals surface area contributed by atoms with Crippen LogP contribution in [-0.4, -0.2) is 22.7 Å². The molecule has 0 aliphatic carbocycles. The smallest absolute Gasteiger partial charge is 0.325 e. The summed E-state index contributed by atoms with van der Waals surface area (Å²) in [7, 11) is 0. The molecule has 1 heterocycles. The van der Waals surface area contributed by atoms with Crippen molar-refractivity contribution in [1.29, 1.82) is 0 Å². The number of nitrogens with one attached hydrogen (secondary N) is 1. The molecule has 3 aromatic rings. The summed E-state index contributed by atoms with van der Waals surface area (Å²) >= 11 is 0. The fourth-order valence-electron chi connectivity index (χ4n) is 3.61. The molecule has 0 atom stereocenters. The SMILES string of the molecule is NC(=O)c1ccc(CN2C(=O)NC(c3ccccc3)(c3ccccc3)C2=O)cc1. The third-order valence-electron chi connectivity index (χ3n) is 5.10. The lowest BCUT2D eigenvalue weighted by Crippen LogP contribution is -2.45. The Morgan fingerprint density at radius 1 is 0.828 bits per heavy atom. The number of carbonyl (C=O) groups is 3. The first kappa shape index (κ1) is 18.4. The highest BCUT2D eigenvalue weighted by molar-refractivity contribution is 6.09. The summed E-state index contributed by atoms with van der Waals surface area (Å²) in [4.78, 5) is 38.9. The number of hydrogen-bond acceptors (Lipinski definition) is 3. The van der Waals surface area contributed by atoms with Gasteiger partial charge in [0.2, 0.25) is 5.91 Å². The number of rotatable bonds is 5. The fourth-order valence-corrected chi connectivity index (χ4v) is 3.61. The van der Waals surface area contributed by atoms with E-state index in [9.17, 15) is 14.4 Å². The maximum Gasteiger partial charge on any atom is 0.325 e. The van der Waals surface area contributed by atoms with E-state index in [0.717, 1.165) is 5.56 Å². The third-order valence-corrected chi connectivity index (χ3v) is 5.10. The number of amides is 4. The Labute approximate surface area is 167 Å². The first-order valence-corrected chi connectivity index (χ1v) is 9.16. The van der Waals surface area contributed by atoms with Crippen molar-refractivity contribution in [3.8, 4) is 0 Å². The maximum absolute atomic E-state index is 13.6. The molecule has 1 aliphatic heterocycles. The molecule has 6 nitrogen and oxygen atoms in total. The maximum atomic E-state index is 13.6. The van der Waals surface area contributed by atoms with Gasteiger partial charge in [-0.25, -0.2) is 4.79 Å². The van der Waals surface area contributed by atoms with Gasteiger partial charge in [-0.15, -0.1) is 0 Å². The summed E-state index contributed by atoms with van der Waals surface area (Å²) in [6, 6.07) is 24.5. The minimum absolute atomic E-state index is 0.0884. The second-order valence-electron chi connectivity index (χ2n) is 6.86. The van der Waals surface area contributed by atoms with Gasteiger partial charge in [0.15, 0.2) is 5.54 Å². The summed E-state index contributed by atoms with van der Waals surface area (Å²) in [5, 5.41) is 2.91. The second kappa shape index (κ2) is 7.24. The predicted octanol–water partition coefficient (Wildman–Crippen LogP) is 2.78. The molecule has 0 saturated carbocycles. The van der Waals surface area contributed by atoms with Crippen LogP contribution in [0.25, 0.3) is 0 Å². The van der Waals surface area contributed by atoms with E-state index in [1.807, 2.05) is 60.7 Å². The third kappa shape index (κ3) is 3.14. The van der Waals surface area contributed by atoms with E-state index in [0.29, 0.717) is 16.7 Å². The van der Waals surface area contributed by atoms with Crippen LogP contribution in [0, 0.1) is 0 Å². The van der Waals surface area contributed by atoms with Crippen molar-refractivity contribution in [3.63, 3.8) is 0 Å². The van der Waals surface area contributed by atoms with Crippen molar-refractivity contribution in [2.75, 3.05) is 0 Å². The van der Waals surface area contributed by atoms with E-state index in [4.69, 9.17) is 5.73 Å². The van der Waals surface area contributed by atoms with Gasteiger partial charge < -0.3 is 11.1 Å². The Morgan fingerprint density at radius 2 is 1.34 bits per heavy atom. The highest BCUT2D eigenvalue weighted by Gasteiger charge is 2.53. The molecule has 144 valence electrons. The topological polar surface area (TPSA) is 92.5 Å². The zero-order valence-corrected chi connectivity index (χ0v) is 15.5. The van der Waals surface area contributed by atoms with E-state index in [2.05, 4.69) is 5.32 Å². The molecular weight excluding hydrogens is 366 g/mol. The van der Waals surface area contributed by atoms with Gasteiger partial charge >= 0.3 is 6.03 Å². The molecular formula is C23H19N3O3. The lowest BCUT2D eigenvalue weighted by Gasteiger charge is -2.28. The van der Waals surface area contributed by atoms with E-state index in [1.165, 1.54) is 4.90 Å². The van der Waals surface area contributed by atoms with E-state index in [1.54, 1.807) is 24.3 Å². The van der Waals surface area contributed by atoms with Gasteiger partial charge in [-0.2, -0.15) is 0 Å². The van der Waals surface area contributed by atoms with Crippen LogP contribution < -0.4 is 11.1 Å². The zero-order valence-electron chi connectivity index (χ0n) is 15.5. The van der Waals surface area contributed by atoms with Crippen LogP contribution in [0.5, 0.6) is 0 Å². The van der Waals surface area contributed by atoms with Crippen LogP contribution in [0.15, 0.2) is 84.9 Å². The summed E-state index contributed by atoms with van der Waals surface area (Å²) < 4.78 is 0. The number of benzene rings is 3. The van der Waals surface area contributed by atoms with Crippen molar-refractivity contribution < 1.29 is 14.4 Å². The van der Waals surface area contributed by atoms with Crippen molar-refractivity contribution in [3.05, 3.63) is 107 Å². The first-order valence-electron chi connectivity index (χ1n) is 9.16. The highest BCUT2D eigenvalue weighted by Crippen LogP contribution is 2.36. The quantitative estimate of drug-likeness (QED) is 0.662. The standard InChI is InChI=1S/C23H19N3O3/c24-20(27)17-13-11-16(12-14-17)15-26-21(28)23(25-22(26)29,18-7-3-1-4-8-18)19-9-5-2-6-10-19/h1-14H,15H2,(H2,24,27)(H,25,29). The average molecular weight is 385 g/mol. The lowest BCUT2D eigenvalue weighted by atomic mass is 9.82. The first-order chi connectivity index (χ1) is 14.0. The molecule has 4 rings (SSSR count). The second-order valence-corrected chi connectivity index (χ2v) is 6.86. The number of carbonyl (C=O) groups excluding carboxylic acids is 3. The number of hydrogen-bond donors (Lipinski definition) is 2. The van der Waals surface area contributed by atoms with Crippen molar-refractivity contribution in [2.24, 2.45) is 5.73 Å². The van der Waals surface area contributed by atoms with Gasteiger partial charge in [0, 0.05) is 5.56 Å². The molecule has 3 aromatic carbocycles. The summed E-state index contributed by atoms with van der Waals surface area (Å²) in [5.41, 5.74) is 6.45. The van der Waals surface area contributed by atoms with Crippen molar-refractivity contribution in [1.82, 2.24) is 10.2 Å². The molecule has 1 saturated heterocycles. The monoisotopic (exact) mass is 385 g/mol. The van der Waals surface area contributed by atoms with Gasteiger partial charge in [0.05, 0.1) is 6.54 Å². The fraction of sp³-hybridized carbons (Fsp3) is 0.0870. The van der Waals surface area contributed by atoms with E-state index < -0.39 is 17.5 Å². The van der Waals surface area contributed by atoms with Crippen molar-refractivity contribution in [2.45, 2.75) is 12.1 Å². The van der Waals surface area contributed by atoms with Gasteiger partial charge in [0.1, 0.15) is 0 Å². The van der Waals surface area contributed by atoms with Crippen LogP contribution >= 0.6 is 0 Å². The Balaban J connectivity index is 1.73. The largest absolute Gasteiger partial charge is 0.366 e. The Kier molecular flexibility index (Phi) is 4.60. The number of nitrogens with zero attached hydrogens (tertiary/aromatic N) is 1. The number of urea groups is 1. The molecule has 0 spiro atoms. The molecule has 29 heavy (non-hydrogen) atoms. The Bertz CT molecular complexity index is 1020. The van der Waals surface area contributed by atoms with Crippen molar-refractivity contribution >= 4 is 17.8 Å². The number of imide groups is 1. The number of nitrogens with two attached hydrogens (primary N) is 1. The van der Waals surface area contributed by atoms with E-state index in [-0.39, 0.29) is 12.5 Å². The van der Waals surface area contributed by atoms with Gasteiger partial charge in [0.25, 0.3) is 5.91 Å². The Morgan fingerprint density at radius 3 is 1.83 bits per heavy atom. The molecule has 1 aliphatic rings. The number of primary amides is 1. The van der Waals surface area contributed by atoms with E-state index >= 15 is 0 Å². The Hall–Kier alpha value is -3.93. The molecule has 6 heteroatoms. The minimum Gasteiger partial charge on any atom is -0.366 e. The predicted molar refractivity (Wildman–Crippen MR) is 108 cm³/mol. The zero-order chi connectivity index (χ0) is 20.4. The molecule has 0 bridgehead atoms. The normalized spacial score (nSPS) is 15.2. The molecule has 0 aromatic heterocycles. The molecule has 0 unspecified atom stereocenters. The molecule has 0 radical (unpaired) electrons. The molecule has 4 amide bonds. The summed E-state index contributed by atoms with van der Waals surface area (Å²) in [6.45, 7) is 0.0884. The van der Waals surface area contributed by atoms with Gasteiger partial charge in [-0.3, -0.25) is 14.5 Å².